The fourth-order valence-electron chi connectivity index (χ4n) is 7.67. The number of nitrogens with zero attached hydrogens (tertiary/aromatic N) is 1. The van der Waals surface area contributed by atoms with E-state index in [-0.39, 0.29) is 24.7 Å². The predicted octanol–water partition coefficient (Wildman–Crippen LogP) is 8.96. The number of carbonyl (C=O) groups excluding carboxylic acids is 3. The largest absolute Gasteiger partial charge is 0.423 e. The number of benzene rings is 4. The van der Waals surface area contributed by atoms with Crippen LogP contribution in [-0.4, -0.2) is 17.8 Å². The lowest BCUT2D eigenvalue weighted by molar-refractivity contribution is -0.131. The van der Waals surface area contributed by atoms with E-state index >= 15 is 0 Å². The number of amides is 2. The van der Waals surface area contributed by atoms with E-state index in [0.29, 0.717) is 28.7 Å². The van der Waals surface area contributed by atoms with Crippen molar-refractivity contribution < 1.29 is 19.1 Å². The highest BCUT2D eigenvalue weighted by Crippen LogP contribution is 2.44. The molecule has 1 saturated heterocycles. The van der Waals surface area contributed by atoms with E-state index in [2.05, 4.69) is 31.2 Å². The molecule has 0 radical (unpaired) electrons. The summed E-state index contributed by atoms with van der Waals surface area (Å²) >= 11 is 0. The molecule has 258 valence electrons. The highest BCUT2D eigenvalue weighted by molar-refractivity contribution is 6.18. The molecule has 6 rings (SSSR count). The van der Waals surface area contributed by atoms with Gasteiger partial charge in [0.25, 0.3) is 0 Å². The van der Waals surface area contributed by atoms with Gasteiger partial charge in [0.2, 0.25) is 11.8 Å². The number of hydrogen-bond acceptors (Lipinski definition) is 6. The summed E-state index contributed by atoms with van der Waals surface area (Å²) in [6.45, 7) is 2.26. The summed E-state index contributed by atoms with van der Waals surface area (Å²) in [5, 5.41) is 0. The van der Waals surface area contributed by atoms with Crippen LogP contribution in [0.15, 0.2) is 103 Å². The third kappa shape index (κ3) is 7.99. The second-order valence-corrected chi connectivity index (χ2v) is 13.9. The molecule has 0 spiro atoms. The number of ether oxygens (including phenoxy) is 1. The van der Waals surface area contributed by atoms with Crippen molar-refractivity contribution in [1.82, 2.24) is 0 Å². The first-order valence-corrected chi connectivity index (χ1v) is 17.9. The monoisotopic (exact) mass is 669 g/mol. The molecule has 1 saturated carbocycles. The molecule has 0 unspecified atom stereocenters. The van der Waals surface area contributed by atoms with Crippen LogP contribution in [-0.2, 0) is 19.8 Å². The Bertz CT molecular complexity index is 1740. The first-order valence-electron chi connectivity index (χ1n) is 17.9. The molecule has 0 atom stereocenters. The molecule has 4 aromatic rings. The van der Waals surface area contributed by atoms with Gasteiger partial charge in [-0.15, -0.1) is 0 Å². The van der Waals surface area contributed by atoms with Crippen molar-refractivity contribution in [2.24, 2.45) is 5.92 Å². The van der Waals surface area contributed by atoms with Crippen molar-refractivity contribution >= 4 is 40.9 Å². The number of rotatable bonds is 11. The Morgan fingerprint density at radius 1 is 0.760 bits per heavy atom. The molecule has 1 aliphatic heterocycles. The number of hydrogen-bond donors (Lipinski definition) is 2. The number of unbranched alkanes of at least 4 members (excludes halogenated alkanes) is 2. The number of anilines is 3. The van der Waals surface area contributed by atoms with Gasteiger partial charge in [-0.2, -0.15) is 0 Å². The van der Waals surface area contributed by atoms with E-state index in [1.165, 1.54) is 67.9 Å². The average Bonchev–Trinajstić information content (AvgIpc) is 3.12. The number of imide groups is 1. The standard InChI is InChI=1S/C43H47N3O4/c1-2-3-4-5-30-6-11-32(12-7-30)33-13-8-31(9-14-33)10-27-42(49)50-39-25-23-38(24-26-39)46-40(47)28-43(29-41(46)48,34-15-19-36(44)20-16-34)35-17-21-37(45)22-18-35/h8-10,13-27,30,32H,2-7,11-12,28-29,44-45H2,1H3/b27-10+. The Balaban J connectivity index is 1.06. The maximum Gasteiger partial charge on any atom is 0.336 e. The number of carbonyl (C=O) groups is 3. The Labute approximate surface area is 295 Å². The van der Waals surface area contributed by atoms with E-state index in [4.69, 9.17) is 16.2 Å². The summed E-state index contributed by atoms with van der Waals surface area (Å²) in [6.07, 6.45) is 13.8. The molecule has 7 heteroatoms. The van der Waals surface area contributed by atoms with E-state index in [0.717, 1.165) is 22.6 Å². The second-order valence-electron chi connectivity index (χ2n) is 13.9. The SMILES string of the molecule is CCCCCC1CCC(c2ccc(/C=C/C(=O)Oc3ccc(N4C(=O)CC(c5ccc(N)cc5)(c5ccc(N)cc5)CC4=O)cc3)cc2)CC1. The second kappa shape index (κ2) is 15.6. The van der Waals surface area contributed by atoms with Crippen LogP contribution in [0.25, 0.3) is 6.08 Å². The van der Waals surface area contributed by atoms with Crippen LogP contribution in [0.1, 0.15) is 99.3 Å². The summed E-state index contributed by atoms with van der Waals surface area (Å²) in [5.74, 6) is 0.657. The molecule has 4 aromatic carbocycles. The highest BCUT2D eigenvalue weighted by atomic mass is 16.5. The van der Waals surface area contributed by atoms with Crippen molar-refractivity contribution in [3.05, 3.63) is 125 Å². The lowest BCUT2D eigenvalue weighted by Crippen LogP contribution is -2.50. The molecule has 2 aliphatic rings. The zero-order chi connectivity index (χ0) is 35.1. The molecule has 4 N–H and O–H groups in total. The third-order valence-corrected chi connectivity index (χ3v) is 10.5. The van der Waals surface area contributed by atoms with Crippen LogP contribution in [0, 0.1) is 5.92 Å². The van der Waals surface area contributed by atoms with Gasteiger partial charge in [-0.1, -0.05) is 81.1 Å². The van der Waals surface area contributed by atoms with Gasteiger partial charge in [0.1, 0.15) is 5.75 Å². The first kappa shape index (κ1) is 34.7. The van der Waals surface area contributed by atoms with Crippen LogP contribution in [0.5, 0.6) is 5.75 Å². The van der Waals surface area contributed by atoms with Crippen molar-refractivity contribution in [3.8, 4) is 5.75 Å². The zero-order valence-corrected chi connectivity index (χ0v) is 28.9. The van der Waals surface area contributed by atoms with Crippen LogP contribution >= 0.6 is 0 Å². The molecule has 50 heavy (non-hydrogen) atoms. The maximum atomic E-state index is 13.7. The summed E-state index contributed by atoms with van der Waals surface area (Å²) < 4.78 is 5.53. The minimum Gasteiger partial charge on any atom is -0.423 e. The summed E-state index contributed by atoms with van der Waals surface area (Å²) in [4.78, 5) is 41.3. The summed E-state index contributed by atoms with van der Waals surface area (Å²) in [6, 6.07) is 29.5. The highest BCUT2D eigenvalue weighted by Gasteiger charge is 2.46. The summed E-state index contributed by atoms with van der Waals surface area (Å²) in [7, 11) is 0. The van der Waals surface area contributed by atoms with E-state index in [1.54, 1.807) is 54.6 Å². The molecule has 1 heterocycles. The van der Waals surface area contributed by atoms with Gasteiger partial charge in [0.15, 0.2) is 0 Å². The zero-order valence-electron chi connectivity index (χ0n) is 28.9. The van der Waals surface area contributed by atoms with Crippen molar-refractivity contribution in [2.75, 3.05) is 16.4 Å². The molecule has 0 aromatic heterocycles. The lowest BCUT2D eigenvalue weighted by Gasteiger charge is -2.41. The number of nitrogens with two attached hydrogens (primary N) is 2. The Hall–Kier alpha value is -5.17. The molecular weight excluding hydrogens is 622 g/mol. The minimum atomic E-state index is -0.860. The fourth-order valence-corrected chi connectivity index (χ4v) is 7.67. The molecule has 2 fully saturated rings. The van der Waals surface area contributed by atoms with Gasteiger partial charge >= 0.3 is 5.97 Å². The normalized spacial score (nSPS) is 19.1. The maximum absolute atomic E-state index is 13.7. The van der Waals surface area contributed by atoms with Crippen molar-refractivity contribution in [3.63, 3.8) is 0 Å². The first-order chi connectivity index (χ1) is 24.2. The topological polar surface area (TPSA) is 116 Å². The molecule has 0 bridgehead atoms. The molecular formula is C43H47N3O4. The van der Waals surface area contributed by atoms with E-state index < -0.39 is 11.4 Å². The van der Waals surface area contributed by atoms with Crippen LogP contribution in [0.4, 0.5) is 17.1 Å². The minimum absolute atomic E-state index is 0.0787. The van der Waals surface area contributed by atoms with Gasteiger partial charge in [0, 0.05) is 35.7 Å². The Kier molecular flexibility index (Phi) is 10.8. The smallest absolute Gasteiger partial charge is 0.336 e. The van der Waals surface area contributed by atoms with Gasteiger partial charge in [-0.25, -0.2) is 4.79 Å². The van der Waals surface area contributed by atoms with Crippen LogP contribution < -0.4 is 21.1 Å². The summed E-state index contributed by atoms with van der Waals surface area (Å²) in [5.41, 5.74) is 16.6. The number of nitrogen functional groups attached to an aromatic ring is 2. The van der Waals surface area contributed by atoms with E-state index in [1.807, 2.05) is 24.3 Å². The van der Waals surface area contributed by atoms with Gasteiger partial charge in [0.05, 0.1) is 5.69 Å². The van der Waals surface area contributed by atoms with Crippen LogP contribution in [0.3, 0.4) is 0 Å². The molecule has 7 nitrogen and oxygen atoms in total. The van der Waals surface area contributed by atoms with Gasteiger partial charge in [-0.3, -0.25) is 14.5 Å². The fraction of sp³-hybridized carbons (Fsp3) is 0.326. The quantitative estimate of drug-likeness (QED) is 0.0411. The van der Waals surface area contributed by atoms with Gasteiger partial charge < -0.3 is 16.2 Å². The van der Waals surface area contributed by atoms with Gasteiger partial charge in [-0.05, 0) is 114 Å². The Morgan fingerprint density at radius 3 is 1.86 bits per heavy atom. The lowest BCUT2D eigenvalue weighted by atomic mass is 9.67. The molecule has 1 aliphatic carbocycles. The molecule has 2 amide bonds. The average molecular weight is 670 g/mol. The van der Waals surface area contributed by atoms with E-state index in [9.17, 15) is 14.4 Å². The third-order valence-electron chi connectivity index (χ3n) is 10.5. The van der Waals surface area contributed by atoms with Crippen molar-refractivity contribution in [1.29, 1.82) is 0 Å². The number of piperidine rings is 1. The Morgan fingerprint density at radius 2 is 1.32 bits per heavy atom. The number of esters is 1. The predicted molar refractivity (Wildman–Crippen MR) is 201 cm³/mol. The van der Waals surface area contributed by atoms with Crippen LogP contribution in [0.2, 0.25) is 0 Å². The van der Waals surface area contributed by atoms with Crippen molar-refractivity contribution in [2.45, 2.75) is 82.5 Å².